The van der Waals surface area contributed by atoms with Gasteiger partial charge in [-0.15, -0.1) is 0 Å². The molecule has 0 aliphatic carbocycles. The Morgan fingerprint density at radius 1 is 1.30 bits per heavy atom. The summed E-state index contributed by atoms with van der Waals surface area (Å²) in [6, 6.07) is 4.81. The Hall–Kier alpha value is -1.30. The van der Waals surface area contributed by atoms with Gasteiger partial charge in [-0.1, -0.05) is 35.7 Å². The molecule has 0 unspecified atom stereocenters. The molecule has 2 rings (SSSR count). The van der Waals surface area contributed by atoms with Crippen LogP contribution in [0.5, 0.6) is 0 Å². The smallest absolute Gasteiger partial charge is 0.244 e. The summed E-state index contributed by atoms with van der Waals surface area (Å²) in [5, 5.41) is 6.63. The molecule has 5 nitrogen and oxygen atoms in total. The minimum Gasteiger partial charge on any atom is -0.332 e. The number of hydrogen-bond donors (Lipinski definition) is 2. The van der Waals surface area contributed by atoms with Gasteiger partial charge in [-0.3, -0.25) is 9.59 Å². The SMILES string of the molecule is CCN(CC(=O)Nc1c(Cl)cccc1Cl)C(=O)[C@@H]1CCCCN1. The fourth-order valence-electron chi connectivity index (χ4n) is 2.60. The van der Waals surface area contributed by atoms with Crippen LogP contribution in [0.25, 0.3) is 0 Å². The topological polar surface area (TPSA) is 61.4 Å². The number of carbonyl (C=O) groups excluding carboxylic acids is 2. The van der Waals surface area contributed by atoms with Crippen molar-refractivity contribution in [3.05, 3.63) is 28.2 Å². The standard InChI is InChI=1S/C16H21Cl2N3O2/c1-2-21(16(23)13-8-3-4-9-19-13)10-14(22)20-15-11(17)6-5-7-12(15)18/h5-7,13,19H,2-4,8-10H2,1H3,(H,20,22)/t13-/m0/s1. The van der Waals surface area contributed by atoms with Gasteiger partial charge in [0.15, 0.2) is 0 Å². The molecule has 126 valence electrons. The second kappa shape index (κ2) is 8.52. The zero-order valence-corrected chi connectivity index (χ0v) is 14.6. The Balaban J connectivity index is 1.98. The van der Waals surface area contributed by atoms with E-state index in [-0.39, 0.29) is 24.4 Å². The molecule has 1 aliphatic rings. The van der Waals surface area contributed by atoms with Gasteiger partial charge in [0, 0.05) is 6.54 Å². The second-order valence-electron chi connectivity index (χ2n) is 5.50. The van der Waals surface area contributed by atoms with Gasteiger partial charge in [0.05, 0.1) is 28.3 Å². The fourth-order valence-corrected chi connectivity index (χ4v) is 3.09. The maximum atomic E-state index is 12.5. The number of para-hydroxylation sites is 1. The molecule has 1 aromatic rings. The van der Waals surface area contributed by atoms with Gasteiger partial charge in [0.25, 0.3) is 0 Å². The molecule has 7 heteroatoms. The molecule has 1 aromatic carbocycles. The molecule has 0 bridgehead atoms. The summed E-state index contributed by atoms with van der Waals surface area (Å²) in [7, 11) is 0. The minimum atomic E-state index is -0.314. The normalized spacial score (nSPS) is 17.6. The summed E-state index contributed by atoms with van der Waals surface area (Å²) in [5.41, 5.74) is 0.375. The first-order valence-corrected chi connectivity index (χ1v) is 8.54. The number of carbonyl (C=O) groups is 2. The highest BCUT2D eigenvalue weighted by molar-refractivity contribution is 6.39. The number of anilines is 1. The van der Waals surface area contributed by atoms with E-state index in [1.807, 2.05) is 6.92 Å². The van der Waals surface area contributed by atoms with Crippen LogP contribution in [-0.2, 0) is 9.59 Å². The zero-order chi connectivity index (χ0) is 16.8. The van der Waals surface area contributed by atoms with Crippen molar-refractivity contribution in [2.24, 2.45) is 0 Å². The van der Waals surface area contributed by atoms with E-state index >= 15 is 0 Å². The number of piperidine rings is 1. The summed E-state index contributed by atoms with van der Waals surface area (Å²) in [6.45, 7) is 3.15. The summed E-state index contributed by atoms with van der Waals surface area (Å²) in [4.78, 5) is 26.3. The van der Waals surface area contributed by atoms with Crippen LogP contribution < -0.4 is 10.6 Å². The van der Waals surface area contributed by atoms with Gasteiger partial charge in [0.1, 0.15) is 0 Å². The molecule has 1 aliphatic heterocycles. The Labute approximate surface area is 146 Å². The van der Waals surface area contributed by atoms with E-state index in [4.69, 9.17) is 23.2 Å². The van der Waals surface area contributed by atoms with E-state index in [0.717, 1.165) is 25.8 Å². The van der Waals surface area contributed by atoms with E-state index in [2.05, 4.69) is 10.6 Å². The molecule has 1 saturated heterocycles. The molecule has 0 spiro atoms. The summed E-state index contributed by atoms with van der Waals surface area (Å²) < 4.78 is 0. The van der Waals surface area contributed by atoms with Crippen molar-refractivity contribution in [1.29, 1.82) is 0 Å². The quantitative estimate of drug-likeness (QED) is 0.851. The van der Waals surface area contributed by atoms with Crippen LogP contribution in [0.3, 0.4) is 0 Å². The third-order valence-corrected chi connectivity index (χ3v) is 4.49. The second-order valence-corrected chi connectivity index (χ2v) is 6.31. The molecule has 1 atom stereocenters. The molecule has 1 fully saturated rings. The number of halogens is 2. The predicted molar refractivity (Wildman–Crippen MR) is 93.0 cm³/mol. The largest absolute Gasteiger partial charge is 0.332 e. The molecule has 2 N–H and O–H groups in total. The number of nitrogens with zero attached hydrogens (tertiary/aromatic N) is 1. The van der Waals surface area contributed by atoms with Crippen molar-refractivity contribution in [3.63, 3.8) is 0 Å². The van der Waals surface area contributed by atoms with Crippen LogP contribution >= 0.6 is 23.2 Å². The molecule has 2 amide bonds. The molecular weight excluding hydrogens is 337 g/mol. The van der Waals surface area contributed by atoms with Gasteiger partial charge in [-0.2, -0.15) is 0 Å². The third-order valence-electron chi connectivity index (χ3n) is 3.86. The van der Waals surface area contributed by atoms with E-state index in [0.29, 0.717) is 22.3 Å². The Kier molecular flexibility index (Phi) is 6.69. The first kappa shape index (κ1) is 18.0. The highest BCUT2D eigenvalue weighted by atomic mass is 35.5. The summed E-state index contributed by atoms with van der Waals surface area (Å²) in [5.74, 6) is -0.349. The van der Waals surface area contributed by atoms with Gasteiger partial charge in [-0.05, 0) is 38.4 Å². The number of nitrogens with one attached hydrogen (secondary N) is 2. The van der Waals surface area contributed by atoms with Crippen LogP contribution in [0.2, 0.25) is 10.0 Å². The van der Waals surface area contributed by atoms with Crippen LogP contribution in [0.1, 0.15) is 26.2 Å². The van der Waals surface area contributed by atoms with Crippen molar-refractivity contribution in [3.8, 4) is 0 Å². The number of rotatable bonds is 5. The van der Waals surface area contributed by atoms with E-state index < -0.39 is 0 Å². The Morgan fingerprint density at radius 2 is 2.00 bits per heavy atom. The first-order chi connectivity index (χ1) is 11.0. The number of hydrogen-bond acceptors (Lipinski definition) is 3. The Bertz CT molecular complexity index is 554. The third kappa shape index (κ3) is 4.83. The fraction of sp³-hybridized carbons (Fsp3) is 0.500. The first-order valence-electron chi connectivity index (χ1n) is 7.79. The van der Waals surface area contributed by atoms with E-state index in [1.54, 1.807) is 23.1 Å². The lowest BCUT2D eigenvalue weighted by Gasteiger charge is -2.29. The number of likely N-dealkylation sites (N-methyl/N-ethyl adjacent to an activating group) is 1. The summed E-state index contributed by atoms with van der Waals surface area (Å²) >= 11 is 12.1. The van der Waals surface area contributed by atoms with Gasteiger partial charge >= 0.3 is 0 Å². The van der Waals surface area contributed by atoms with Crippen LogP contribution in [0.4, 0.5) is 5.69 Å². The average molecular weight is 358 g/mol. The van der Waals surface area contributed by atoms with Crippen molar-refractivity contribution in [2.75, 3.05) is 25.0 Å². The van der Waals surface area contributed by atoms with Gasteiger partial charge in [-0.25, -0.2) is 0 Å². The molecule has 23 heavy (non-hydrogen) atoms. The highest BCUT2D eigenvalue weighted by Gasteiger charge is 2.26. The van der Waals surface area contributed by atoms with Gasteiger partial charge < -0.3 is 15.5 Å². The van der Waals surface area contributed by atoms with Gasteiger partial charge in [0.2, 0.25) is 11.8 Å². The average Bonchev–Trinajstić information content (AvgIpc) is 2.56. The molecule has 0 saturated carbocycles. The van der Waals surface area contributed by atoms with Crippen LogP contribution in [-0.4, -0.2) is 42.4 Å². The van der Waals surface area contributed by atoms with Crippen molar-refractivity contribution in [1.82, 2.24) is 10.2 Å². The van der Waals surface area contributed by atoms with Crippen molar-refractivity contribution < 1.29 is 9.59 Å². The zero-order valence-electron chi connectivity index (χ0n) is 13.1. The molecule has 0 radical (unpaired) electrons. The number of amides is 2. The maximum absolute atomic E-state index is 12.5. The lowest BCUT2D eigenvalue weighted by molar-refractivity contribution is -0.136. The molecule has 1 heterocycles. The molecular formula is C16H21Cl2N3O2. The number of benzene rings is 1. The predicted octanol–water partition coefficient (Wildman–Crippen LogP) is 2.92. The lowest BCUT2D eigenvalue weighted by atomic mass is 10.0. The lowest BCUT2D eigenvalue weighted by Crippen LogP contribution is -2.50. The van der Waals surface area contributed by atoms with E-state index in [1.165, 1.54) is 0 Å². The monoisotopic (exact) mass is 357 g/mol. The van der Waals surface area contributed by atoms with E-state index in [9.17, 15) is 9.59 Å². The van der Waals surface area contributed by atoms with Crippen LogP contribution in [0, 0.1) is 0 Å². The summed E-state index contributed by atoms with van der Waals surface area (Å²) in [6.07, 6.45) is 2.93. The Morgan fingerprint density at radius 3 is 2.57 bits per heavy atom. The minimum absolute atomic E-state index is 0.0188. The molecule has 0 aromatic heterocycles. The van der Waals surface area contributed by atoms with Crippen LogP contribution in [0.15, 0.2) is 18.2 Å². The highest BCUT2D eigenvalue weighted by Crippen LogP contribution is 2.29. The van der Waals surface area contributed by atoms with Crippen molar-refractivity contribution >= 4 is 40.7 Å². The maximum Gasteiger partial charge on any atom is 0.244 e. The van der Waals surface area contributed by atoms with Crippen molar-refractivity contribution in [2.45, 2.75) is 32.2 Å².